The Morgan fingerprint density at radius 3 is 1.85 bits per heavy atom. The molecule has 0 saturated carbocycles. The molecule has 0 radical (unpaired) electrons. The minimum absolute atomic E-state index is 0.0267. The normalized spacial score (nSPS) is 10.8. The lowest BCUT2D eigenvalue weighted by Crippen LogP contribution is -2.17. The number of ether oxygens (including phenoxy) is 2. The molecule has 234 valence electrons. The maximum atomic E-state index is 14.0. The number of rotatable bonds is 9. The second-order valence-corrected chi connectivity index (χ2v) is 10.4. The predicted molar refractivity (Wildman–Crippen MR) is 181 cm³/mol. The van der Waals surface area contributed by atoms with E-state index in [9.17, 15) is 9.59 Å². The second kappa shape index (κ2) is 12.7. The molecule has 1 amide bonds. The van der Waals surface area contributed by atoms with Gasteiger partial charge < -0.3 is 20.5 Å². The summed E-state index contributed by atoms with van der Waals surface area (Å²) in [6, 6.07) is 33.0. The van der Waals surface area contributed by atoms with E-state index in [1.807, 2.05) is 84.9 Å². The van der Waals surface area contributed by atoms with Crippen LogP contribution in [0, 0.1) is 0 Å². The van der Waals surface area contributed by atoms with Crippen molar-refractivity contribution in [2.45, 2.75) is 0 Å². The van der Waals surface area contributed by atoms with E-state index in [1.54, 1.807) is 24.3 Å². The third kappa shape index (κ3) is 5.84. The van der Waals surface area contributed by atoms with Crippen molar-refractivity contribution in [3.8, 4) is 45.5 Å². The Hall–Kier alpha value is -7.08. The summed E-state index contributed by atoms with van der Waals surface area (Å²) in [6.07, 6.45) is 2.37. The van der Waals surface area contributed by atoms with Crippen LogP contribution in [0.25, 0.3) is 33.5 Å². The van der Waals surface area contributed by atoms with Crippen molar-refractivity contribution in [2.75, 3.05) is 11.1 Å². The minimum Gasteiger partial charge on any atom is -0.457 e. The number of allylic oxidation sites excluding steroid dienone is 1. The standard InChI is InChI=1S/C36H26N8O4/c1-2-28(45)44-33(37)29(32(43-44)23-15-19-27(20-16-23)48-25-11-7-4-8-12-25)36(46)40-34-30-31(41-42-35(30)39-21-38-34)22-13-17-26(18-14-22)47-24-9-5-3-6-10-24/h2-21H,1,37H2,(H2,38,39,40,41,42,46). The zero-order valence-electron chi connectivity index (χ0n) is 25.2. The van der Waals surface area contributed by atoms with E-state index in [2.05, 4.69) is 37.2 Å². The Kier molecular flexibility index (Phi) is 7.86. The number of nitrogens with zero attached hydrogens (tertiary/aromatic N) is 5. The van der Waals surface area contributed by atoms with Crippen LogP contribution in [0.5, 0.6) is 23.0 Å². The van der Waals surface area contributed by atoms with Crippen LogP contribution >= 0.6 is 0 Å². The molecule has 0 atom stereocenters. The number of hydrogen-bond acceptors (Lipinski definition) is 9. The van der Waals surface area contributed by atoms with Gasteiger partial charge in [-0.1, -0.05) is 43.0 Å². The molecule has 0 spiro atoms. The van der Waals surface area contributed by atoms with Gasteiger partial charge in [-0.2, -0.15) is 14.9 Å². The Balaban J connectivity index is 1.21. The summed E-state index contributed by atoms with van der Waals surface area (Å²) in [4.78, 5) is 35.3. The number of amides is 1. The van der Waals surface area contributed by atoms with Crippen LogP contribution in [0.4, 0.5) is 11.6 Å². The molecule has 4 aromatic carbocycles. The first-order valence-corrected chi connectivity index (χ1v) is 14.7. The molecule has 12 nitrogen and oxygen atoms in total. The van der Waals surface area contributed by atoms with Crippen molar-refractivity contribution in [3.63, 3.8) is 0 Å². The Bertz CT molecular complexity index is 2260. The Morgan fingerprint density at radius 1 is 0.750 bits per heavy atom. The number of nitrogens with one attached hydrogen (secondary N) is 2. The molecule has 4 N–H and O–H groups in total. The molecular weight excluding hydrogens is 608 g/mol. The predicted octanol–water partition coefficient (Wildman–Crippen LogP) is 7.13. The smallest absolute Gasteiger partial charge is 0.272 e. The number of benzene rings is 4. The van der Waals surface area contributed by atoms with E-state index in [-0.39, 0.29) is 22.9 Å². The SMILES string of the molecule is C=CC(=O)n1nc(-c2ccc(Oc3ccccc3)cc2)c(C(=O)Nc2ncnc3[nH]nc(-c4ccc(Oc5ccccc5)cc4)c23)c1N. The third-order valence-corrected chi connectivity index (χ3v) is 7.33. The third-order valence-electron chi connectivity index (χ3n) is 7.33. The van der Waals surface area contributed by atoms with Crippen LogP contribution in [0.2, 0.25) is 0 Å². The topological polar surface area (TPSA) is 163 Å². The highest BCUT2D eigenvalue weighted by Crippen LogP contribution is 2.34. The molecule has 48 heavy (non-hydrogen) atoms. The maximum Gasteiger partial charge on any atom is 0.272 e. The molecule has 0 aliphatic heterocycles. The highest BCUT2D eigenvalue weighted by molar-refractivity contribution is 6.15. The summed E-state index contributed by atoms with van der Waals surface area (Å²) < 4.78 is 12.7. The first-order valence-electron chi connectivity index (χ1n) is 14.7. The van der Waals surface area contributed by atoms with E-state index in [4.69, 9.17) is 15.2 Å². The van der Waals surface area contributed by atoms with Crippen molar-refractivity contribution in [1.29, 1.82) is 0 Å². The number of para-hydroxylation sites is 2. The number of aromatic nitrogens is 6. The Labute approximate surface area is 273 Å². The zero-order chi connectivity index (χ0) is 33.0. The van der Waals surface area contributed by atoms with Gasteiger partial charge in [-0.05, 0) is 78.9 Å². The van der Waals surface area contributed by atoms with Gasteiger partial charge in [0.15, 0.2) is 5.65 Å². The monoisotopic (exact) mass is 634 g/mol. The van der Waals surface area contributed by atoms with Crippen LogP contribution < -0.4 is 20.5 Å². The van der Waals surface area contributed by atoms with E-state index >= 15 is 0 Å². The summed E-state index contributed by atoms with van der Waals surface area (Å²) in [5, 5.41) is 15.0. The second-order valence-electron chi connectivity index (χ2n) is 10.4. The largest absolute Gasteiger partial charge is 0.457 e. The molecule has 0 saturated heterocycles. The summed E-state index contributed by atoms with van der Waals surface area (Å²) in [5.74, 6) is 1.36. The number of nitrogens with two attached hydrogens (primary N) is 1. The lowest BCUT2D eigenvalue weighted by atomic mass is 10.1. The van der Waals surface area contributed by atoms with Crippen LogP contribution in [0.3, 0.4) is 0 Å². The van der Waals surface area contributed by atoms with Gasteiger partial charge in [0.1, 0.15) is 57.9 Å². The molecule has 0 aliphatic rings. The average Bonchev–Trinajstić information content (AvgIpc) is 3.71. The molecule has 0 fully saturated rings. The number of carbonyl (C=O) groups excluding carboxylic acids is 2. The van der Waals surface area contributed by atoms with Crippen molar-refractivity contribution in [1.82, 2.24) is 29.9 Å². The molecular formula is C36H26N8O4. The van der Waals surface area contributed by atoms with Gasteiger partial charge in [-0.15, -0.1) is 0 Å². The summed E-state index contributed by atoms with van der Waals surface area (Å²) >= 11 is 0. The highest BCUT2D eigenvalue weighted by atomic mass is 16.5. The lowest BCUT2D eigenvalue weighted by Gasteiger charge is -2.09. The Morgan fingerprint density at radius 2 is 1.29 bits per heavy atom. The zero-order valence-corrected chi connectivity index (χ0v) is 25.2. The van der Waals surface area contributed by atoms with Crippen molar-refractivity contribution in [2.24, 2.45) is 0 Å². The average molecular weight is 635 g/mol. The number of fused-ring (bicyclic) bond motifs is 1. The summed E-state index contributed by atoms with van der Waals surface area (Å²) in [5.41, 5.74) is 8.69. The fraction of sp³-hybridized carbons (Fsp3) is 0. The molecule has 3 heterocycles. The number of hydrogen-bond donors (Lipinski definition) is 3. The van der Waals surface area contributed by atoms with Crippen LogP contribution in [-0.2, 0) is 0 Å². The summed E-state index contributed by atoms with van der Waals surface area (Å²) in [7, 11) is 0. The maximum absolute atomic E-state index is 14.0. The molecule has 12 heteroatoms. The van der Waals surface area contributed by atoms with E-state index in [0.29, 0.717) is 45.3 Å². The van der Waals surface area contributed by atoms with Crippen molar-refractivity contribution >= 4 is 34.5 Å². The van der Waals surface area contributed by atoms with E-state index in [1.165, 1.54) is 6.33 Å². The van der Waals surface area contributed by atoms with Gasteiger partial charge in [0.2, 0.25) is 0 Å². The van der Waals surface area contributed by atoms with Gasteiger partial charge >= 0.3 is 0 Å². The number of nitrogen functional groups attached to an aromatic ring is 1. The molecule has 0 unspecified atom stereocenters. The van der Waals surface area contributed by atoms with Gasteiger partial charge in [0, 0.05) is 11.1 Å². The number of anilines is 2. The first-order chi connectivity index (χ1) is 23.5. The van der Waals surface area contributed by atoms with Crippen LogP contribution in [0.15, 0.2) is 128 Å². The lowest BCUT2D eigenvalue weighted by molar-refractivity contribution is 0.0957. The van der Waals surface area contributed by atoms with Gasteiger partial charge in [0.05, 0.1) is 5.39 Å². The fourth-order valence-corrected chi connectivity index (χ4v) is 5.06. The summed E-state index contributed by atoms with van der Waals surface area (Å²) in [6.45, 7) is 3.53. The molecule has 0 aliphatic carbocycles. The van der Waals surface area contributed by atoms with Gasteiger partial charge in [-0.25, -0.2) is 9.97 Å². The molecule has 0 bridgehead atoms. The number of aromatic amines is 1. The van der Waals surface area contributed by atoms with E-state index < -0.39 is 11.8 Å². The van der Waals surface area contributed by atoms with Crippen molar-refractivity contribution < 1.29 is 19.1 Å². The van der Waals surface area contributed by atoms with E-state index in [0.717, 1.165) is 16.3 Å². The van der Waals surface area contributed by atoms with Gasteiger partial charge in [0.25, 0.3) is 11.8 Å². The number of carbonyl (C=O) groups is 2. The number of H-pyrrole nitrogens is 1. The van der Waals surface area contributed by atoms with Crippen molar-refractivity contribution in [3.05, 3.63) is 134 Å². The first kappa shape index (κ1) is 29.6. The molecule has 7 aromatic rings. The highest BCUT2D eigenvalue weighted by Gasteiger charge is 2.27. The fourth-order valence-electron chi connectivity index (χ4n) is 5.06. The quantitative estimate of drug-likeness (QED) is 0.140. The van der Waals surface area contributed by atoms with Crippen LogP contribution in [0.1, 0.15) is 15.2 Å². The molecule has 3 aromatic heterocycles. The van der Waals surface area contributed by atoms with Crippen LogP contribution in [-0.4, -0.2) is 41.8 Å². The minimum atomic E-state index is -0.644. The molecule has 7 rings (SSSR count). The van der Waals surface area contributed by atoms with Gasteiger partial charge in [-0.3, -0.25) is 14.7 Å².